The van der Waals surface area contributed by atoms with Crippen LogP contribution in [0.1, 0.15) is 56.1 Å². The zero-order valence-corrected chi connectivity index (χ0v) is 13.2. The third kappa shape index (κ3) is 4.32. The summed E-state index contributed by atoms with van der Waals surface area (Å²) in [5.41, 5.74) is 2.90. The van der Waals surface area contributed by atoms with Gasteiger partial charge < -0.3 is 0 Å². The Morgan fingerprint density at radius 2 is 1.80 bits per heavy atom. The second-order valence-corrected chi connectivity index (χ2v) is 7.32. The van der Waals surface area contributed by atoms with Gasteiger partial charge in [0.15, 0.2) is 0 Å². The Kier molecular flexibility index (Phi) is 5.22. The summed E-state index contributed by atoms with van der Waals surface area (Å²) in [6.45, 7) is 2.20. The average molecular weight is 296 g/mol. The smallest absolute Gasteiger partial charge is 0.264 e. The van der Waals surface area contributed by atoms with Crippen LogP contribution in [0, 0.1) is 0 Å². The van der Waals surface area contributed by atoms with Crippen molar-refractivity contribution >= 4 is 10.1 Å². The first-order valence-corrected chi connectivity index (χ1v) is 9.27. The maximum Gasteiger partial charge on any atom is 0.264 e. The van der Waals surface area contributed by atoms with Crippen LogP contribution < -0.4 is 0 Å². The van der Waals surface area contributed by atoms with Gasteiger partial charge in [0.05, 0.1) is 12.4 Å². The molecule has 0 bridgehead atoms. The molecule has 3 nitrogen and oxygen atoms in total. The van der Waals surface area contributed by atoms with Gasteiger partial charge in [-0.1, -0.05) is 37.6 Å². The SMILES string of the molecule is CCCc1ccccc1C1CCC(OS(C)(=O)=O)CC1. The van der Waals surface area contributed by atoms with Crippen molar-refractivity contribution in [3.8, 4) is 0 Å². The van der Waals surface area contributed by atoms with E-state index in [1.165, 1.54) is 11.1 Å². The molecular weight excluding hydrogens is 272 g/mol. The van der Waals surface area contributed by atoms with E-state index in [2.05, 4.69) is 31.2 Å². The molecule has 0 spiro atoms. The molecule has 0 N–H and O–H groups in total. The molecule has 0 radical (unpaired) electrons. The lowest BCUT2D eigenvalue weighted by atomic mass is 9.80. The number of hydrogen-bond donors (Lipinski definition) is 0. The molecule has 1 aromatic rings. The molecule has 0 unspecified atom stereocenters. The third-order valence-corrected chi connectivity index (χ3v) is 4.62. The molecule has 1 fully saturated rings. The first kappa shape index (κ1) is 15.5. The molecule has 2 rings (SSSR count). The summed E-state index contributed by atoms with van der Waals surface area (Å²) in [5, 5.41) is 0. The molecule has 112 valence electrons. The van der Waals surface area contributed by atoms with Crippen molar-refractivity contribution in [2.24, 2.45) is 0 Å². The first-order chi connectivity index (χ1) is 9.49. The van der Waals surface area contributed by atoms with Crippen molar-refractivity contribution in [1.29, 1.82) is 0 Å². The topological polar surface area (TPSA) is 43.4 Å². The summed E-state index contributed by atoms with van der Waals surface area (Å²) in [4.78, 5) is 0. The third-order valence-electron chi connectivity index (χ3n) is 4.00. The molecule has 1 aliphatic carbocycles. The lowest BCUT2D eigenvalue weighted by molar-refractivity contribution is 0.155. The Morgan fingerprint density at radius 1 is 1.15 bits per heavy atom. The summed E-state index contributed by atoms with van der Waals surface area (Å²) >= 11 is 0. The van der Waals surface area contributed by atoms with Gasteiger partial charge in [0, 0.05) is 0 Å². The van der Waals surface area contributed by atoms with Crippen LogP contribution in [0.2, 0.25) is 0 Å². The second-order valence-electron chi connectivity index (χ2n) is 5.72. The van der Waals surface area contributed by atoms with E-state index in [9.17, 15) is 8.42 Å². The quantitative estimate of drug-likeness (QED) is 0.779. The molecule has 0 saturated heterocycles. The molecule has 4 heteroatoms. The van der Waals surface area contributed by atoms with Gasteiger partial charge >= 0.3 is 0 Å². The summed E-state index contributed by atoms with van der Waals surface area (Å²) in [6, 6.07) is 8.66. The molecule has 0 heterocycles. The van der Waals surface area contributed by atoms with Crippen LogP contribution in [0.15, 0.2) is 24.3 Å². The van der Waals surface area contributed by atoms with E-state index in [1.807, 2.05) is 0 Å². The van der Waals surface area contributed by atoms with Gasteiger partial charge in [0.25, 0.3) is 10.1 Å². The van der Waals surface area contributed by atoms with Crippen LogP contribution in [0.3, 0.4) is 0 Å². The van der Waals surface area contributed by atoms with Crippen molar-refractivity contribution in [1.82, 2.24) is 0 Å². The van der Waals surface area contributed by atoms with Crippen molar-refractivity contribution < 1.29 is 12.6 Å². The van der Waals surface area contributed by atoms with E-state index in [0.717, 1.165) is 44.8 Å². The lowest BCUT2D eigenvalue weighted by Gasteiger charge is -2.29. The van der Waals surface area contributed by atoms with Gasteiger partial charge in [-0.05, 0) is 49.1 Å². The fourth-order valence-corrected chi connectivity index (χ4v) is 3.83. The van der Waals surface area contributed by atoms with E-state index >= 15 is 0 Å². The lowest BCUT2D eigenvalue weighted by Crippen LogP contribution is -2.23. The van der Waals surface area contributed by atoms with Gasteiger partial charge in [-0.3, -0.25) is 4.18 Å². The van der Waals surface area contributed by atoms with E-state index in [1.54, 1.807) is 0 Å². The van der Waals surface area contributed by atoms with Crippen molar-refractivity contribution in [3.63, 3.8) is 0 Å². The highest BCUT2D eigenvalue weighted by Crippen LogP contribution is 2.36. The van der Waals surface area contributed by atoms with Crippen LogP contribution >= 0.6 is 0 Å². The number of hydrogen-bond acceptors (Lipinski definition) is 3. The Hall–Kier alpha value is -0.870. The average Bonchev–Trinajstić information content (AvgIpc) is 2.39. The first-order valence-electron chi connectivity index (χ1n) is 7.45. The Bertz CT molecular complexity index is 528. The minimum atomic E-state index is -3.32. The van der Waals surface area contributed by atoms with Gasteiger partial charge in [-0.25, -0.2) is 0 Å². The normalized spacial score (nSPS) is 23.7. The van der Waals surface area contributed by atoms with Crippen LogP contribution in [-0.4, -0.2) is 20.8 Å². The van der Waals surface area contributed by atoms with Crippen LogP contribution in [0.25, 0.3) is 0 Å². The Labute approximate surface area is 122 Å². The predicted molar refractivity (Wildman–Crippen MR) is 81.4 cm³/mol. The summed E-state index contributed by atoms with van der Waals surface area (Å²) in [5.74, 6) is 0.553. The zero-order valence-electron chi connectivity index (χ0n) is 12.3. The van der Waals surface area contributed by atoms with E-state index < -0.39 is 10.1 Å². The molecular formula is C16H24O3S. The van der Waals surface area contributed by atoms with Crippen LogP contribution in [-0.2, 0) is 20.7 Å². The van der Waals surface area contributed by atoms with Crippen molar-refractivity contribution in [2.75, 3.05) is 6.26 Å². The standard InChI is InChI=1S/C16H24O3S/c1-3-6-13-7-4-5-8-16(13)14-9-11-15(12-10-14)19-20(2,17)18/h4-5,7-8,14-15H,3,6,9-12H2,1-2H3. The molecule has 1 aliphatic rings. The monoisotopic (exact) mass is 296 g/mol. The minimum Gasteiger partial charge on any atom is -0.267 e. The number of aryl methyl sites for hydroxylation is 1. The van der Waals surface area contributed by atoms with Gasteiger partial charge in [-0.15, -0.1) is 0 Å². The zero-order chi connectivity index (χ0) is 14.6. The molecule has 20 heavy (non-hydrogen) atoms. The molecule has 0 atom stereocenters. The summed E-state index contributed by atoms with van der Waals surface area (Å²) in [7, 11) is -3.32. The van der Waals surface area contributed by atoms with E-state index in [-0.39, 0.29) is 6.10 Å². The van der Waals surface area contributed by atoms with Gasteiger partial charge in [0.1, 0.15) is 0 Å². The van der Waals surface area contributed by atoms with E-state index in [0.29, 0.717) is 5.92 Å². The highest BCUT2D eigenvalue weighted by molar-refractivity contribution is 7.86. The second kappa shape index (κ2) is 6.72. The van der Waals surface area contributed by atoms with Gasteiger partial charge in [-0.2, -0.15) is 8.42 Å². The fraction of sp³-hybridized carbons (Fsp3) is 0.625. The van der Waals surface area contributed by atoms with Crippen LogP contribution in [0.5, 0.6) is 0 Å². The molecule has 1 saturated carbocycles. The maximum atomic E-state index is 11.2. The molecule has 0 aliphatic heterocycles. The molecule has 0 aromatic heterocycles. The fourth-order valence-electron chi connectivity index (χ4n) is 3.15. The van der Waals surface area contributed by atoms with Crippen LogP contribution in [0.4, 0.5) is 0 Å². The van der Waals surface area contributed by atoms with Gasteiger partial charge in [0.2, 0.25) is 0 Å². The highest BCUT2D eigenvalue weighted by Gasteiger charge is 2.26. The highest BCUT2D eigenvalue weighted by atomic mass is 32.2. The Morgan fingerprint density at radius 3 is 2.40 bits per heavy atom. The summed E-state index contributed by atoms with van der Waals surface area (Å²) < 4.78 is 27.4. The number of rotatable bonds is 5. The van der Waals surface area contributed by atoms with E-state index in [4.69, 9.17) is 4.18 Å². The summed E-state index contributed by atoms with van der Waals surface area (Å²) in [6.07, 6.45) is 6.98. The van der Waals surface area contributed by atoms with Crippen molar-refractivity contribution in [3.05, 3.63) is 35.4 Å². The van der Waals surface area contributed by atoms with Crippen molar-refractivity contribution in [2.45, 2.75) is 57.5 Å². The molecule has 1 aromatic carbocycles. The Balaban J connectivity index is 2.00. The molecule has 0 amide bonds. The maximum absolute atomic E-state index is 11.2. The largest absolute Gasteiger partial charge is 0.267 e. The number of benzene rings is 1. The predicted octanol–water partition coefficient (Wildman–Crippen LogP) is 3.64. The minimum absolute atomic E-state index is 0.125.